The molecule has 1 fully saturated rings. The predicted octanol–water partition coefficient (Wildman–Crippen LogP) is 4.55. The summed E-state index contributed by atoms with van der Waals surface area (Å²) in [6.07, 6.45) is 2.49. The van der Waals surface area contributed by atoms with E-state index in [0.717, 1.165) is 60.6 Å². The normalized spacial score (nSPS) is 14.0. The smallest absolute Gasteiger partial charge is 0.341 e. The van der Waals surface area contributed by atoms with E-state index in [1.54, 1.807) is 13.1 Å². The minimum Gasteiger partial charge on any atom is -0.462 e. The fraction of sp³-hybridized carbons (Fsp3) is 0.333. The Hall–Kier alpha value is -3.12. The molecule has 3 aromatic rings. The Morgan fingerprint density at radius 1 is 1.13 bits per heavy atom. The number of nitrogens with one attached hydrogen (secondary N) is 1. The molecule has 0 unspecified atom stereocenters. The number of nitrogens with zero attached hydrogens (tertiary/aromatic N) is 2. The number of aromatic nitrogens is 1. The first-order chi connectivity index (χ1) is 14.7. The van der Waals surface area contributed by atoms with E-state index in [2.05, 4.69) is 40.3 Å². The SMILES string of the molecule is CCOC(=O)c1cnc2c(CC)cccc2c1Nc1ccc(N2CCOCC2)cc1. The monoisotopic (exact) mass is 405 g/mol. The summed E-state index contributed by atoms with van der Waals surface area (Å²) in [7, 11) is 0. The van der Waals surface area contributed by atoms with Gasteiger partial charge in [0, 0.05) is 36.0 Å². The van der Waals surface area contributed by atoms with E-state index in [9.17, 15) is 4.79 Å². The number of aryl methyl sites for hydroxylation is 1. The second kappa shape index (κ2) is 9.13. The van der Waals surface area contributed by atoms with Crippen molar-refractivity contribution in [1.82, 2.24) is 4.98 Å². The molecule has 0 spiro atoms. The maximum Gasteiger partial charge on any atom is 0.341 e. The van der Waals surface area contributed by atoms with Crippen molar-refractivity contribution in [3.63, 3.8) is 0 Å². The van der Waals surface area contributed by atoms with Gasteiger partial charge in [-0.05, 0) is 43.2 Å². The lowest BCUT2D eigenvalue weighted by Crippen LogP contribution is -2.36. The number of esters is 1. The quantitative estimate of drug-likeness (QED) is 0.607. The van der Waals surface area contributed by atoms with Gasteiger partial charge in [0.25, 0.3) is 0 Å². The number of ether oxygens (including phenoxy) is 2. The number of anilines is 3. The number of carbonyl (C=O) groups is 1. The number of hydrogen-bond acceptors (Lipinski definition) is 6. The van der Waals surface area contributed by atoms with E-state index < -0.39 is 0 Å². The highest BCUT2D eigenvalue weighted by atomic mass is 16.5. The molecule has 6 nitrogen and oxygen atoms in total. The molecule has 30 heavy (non-hydrogen) atoms. The first-order valence-corrected chi connectivity index (χ1v) is 10.5. The van der Waals surface area contributed by atoms with Crippen LogP contribution in [-0.2, 0) is 15.9 Å². The second-order valence-corrected chi connectivity index (χ2v) is 7.21. The van der Waals surface area contributed by atoms with Crippen molar-refractivity contribution in [1.29, 1.82) is 0 Å². The molecular formula is C24H27N3O3. The van der Waals surface area contributed by atoms with Crippen LogP contribution in [0.4, 0.5) is 17.1 Å². The minimum atomic E-state index is -0.374. The van der Waals surface area contributed by atoms with Crippen LogP contribution in [0.2, 0.25) is 0 Å². The van der Waals surface area contributed by atoms with Crippen LogP contribution < -0.4 is 10.2 Å². The second-order valence-electron chi connectivity index (χ2n) is 7.21. The van der Waals surface area contributed by atoms with Crippen LogP contribution in [-0.4, -0.2) is 43.9 Å². The summed E-state index contributed by atoms with van der Waals surface area (Å²) in [6, 6.07) is 14.3. The third-order valence-electron chi connectivity index (χ3n) is 5.37. The van der Waals surface area contributed by atoms with Gasteiger partial charge in [0.15, 0.2) is 0 Å². The van der Waals surface area contributed by atoms with Crippen molar-refractivity contribution in [2.24, 2.45) is 0 Å². The molecule has 0 aliphatic carbocycles. The number of rotatable bonds is 6. The molecular weight excluding hydrogens is 378 g/mol. The van der Waals surface area contributed by atoms with Gasteiger partial charge in [-0.15, -0.1) is 0 Å². The third-order valence-corrected chi connectivity index (χ3v) is 5.37. The number of para-hydroxylation sites is 1. The molecule has 0 atom stereocenters. The number of carbonyl (C=O) groups excluding carboxylic acids is 1. The van der Waals surface area contributed by atoms with E-state index in [4.69, 9.17) is 9.47 Å². The van der Waals surface area contributed by atoms with E-state index in [-0.39, 0.29) is 5.97 Å². The highest BCUT2D eigenvalue weighted by molar-refractivity contribution is 6.06. The summed E-state index contributed by atoms with van der Waals surface area (Å²) in [6.45, 7) is 7.53. The fourth-order valence-corrected chi connectivity index (χ4v) is 3.79. The van der Waals surface area contributed by atoms with Gasteiger partial charge in [-0.25, -0.2) is 4.79 Å². The van der Waals surface area contributed by atoms with Gasteiger partial charge < -0.3 is 19.7 Å². The molecule has 0 bridgehead atoms. The van der Waals surface area contributed by atoms with Crippen LogP contribution in [0.1, 0.15) is 29.8 Å². The first-order valence-electron chi connectivity index (χ1n) is 10.5. The minimum absolute atomic E-state index is 0.319. The van der Waals surface area contributed by atoms with Crippen molar-refractivity contribution in [3.05, 3.63) is 59.8 Å². The van der Waals surface area contributed by atoms with Crippen LogP contribution >= 0.6 is 0 Å². The number of benzene rings is 2. The van der Waals surface area contributed by atoms with Crippen molar-refractivity contribution < 1.29 is 14.3 Å². The van der Waals surface area contributed by atoms with Gasteiger partial charge in [0.2, 0.25) is 0 Å². The summed E-state index contributed by atoms with van der Waals surface area (Å²) >= 11 is 0. The van der Waals surface area contributed by atoms with Gasteiger partial charge in [-0.3, -0.25) is 4.98 Å². The maximum absolute atomic E-state index is 12.6. The Labute approximate surface area is 176 Å². The van der Waals surface area contributed by atoms with Crippen molar-refractivity contribution in [2.45, 2.75) is 20.3 Å². The van der Waals surface area contributed by atoms with Gasteiger partial charge in [-0.2, -0.15) is 0 Å². The van der Waals surface area contributed by atoms with Crippen LogP contribution in [0.5, 0.6) is 0 Å². The Kier molecular flexibility index (Phi) is 6.14. The molecule has 156 valence electrons. The Balaban J connectivity index is 1.71. The van der Waals surface area contributed by atoms with E-state index in [1.165, 1.54) is 5.69 Å². The Morgan fingerprint density at radius 2 is 1.90 bits per heavy atom. The molecule has 0 amide bonds. The maximum atomic E-state index is 12.6. The summed E-state index contributed by atoms with van der Waals surface area (Å²) in [5.41, 5.74) is 5.30. The molecule has 2 aromatic carbocycles. The number of fused-ring (bicyclic) bond motifs is 1. The summed E-state index contributed by atoms with van der Waals surface area (Å²) < 4.78 is 10.7. The predicted molar refractivity (Wildman–Crippen MR) is 120 cm³/mol. The molecule has 1 N–H and O–H groups in total. The summed E-state index contributed by atoms with van der Waals surface area (Å²) in [5.74, 6) is -0.374. The Bertz CT molecular complexity index is 1030. The van der Waals surface area contributed by atoms with Crippen LogP contribution in [0.15, 0.2) is 48.7 Å². The zero-order valence-electron chi connectivity index (χ0n) is 17.5. The lowest BCUT2D eigenvalue weighted by atomic mass is 10.0. The van der Waals surface area contributed by atoms with E-state index >= 15 is 0 Å². The third kappa shape index (κ3) is 4.09. The van der Waals surface area contributed by atoms with Gasteiger partial charge in [0.1, 0.15) is 5.56 Å². The molecule has 6 heteroatoms. The number of pyridine rings is 1. The largest absolute Gasteiger partial charge is 0.462 e. The highest BCUT2D eigenvalue weighted by Crippen LogP contribution is 2.32. The van der Waals surface area contributed by atoms with Crippen molar-refractivity contribution >= 4 is 33.9 Å². The average Bonchev–Trinajstić information content (AvgIpc) is 2.80. The Morgan fingerprint density at radius 3 is 2.60 bits per heavy atom. The van der Waals surface area contributed by atoms with Gasteiger partial charge >= 0.3 is 5.97 Å². The zero-order chi connectivity index (χ0) is 20.9. The van der Waals surface area contributed by atoms with Crippen molar-refractivity contribution in [3.8, 4) is 0 Å². The number of morpholine rings is 1. The van der Waals surface area contributed by atoms with Crippen LogP contribution in [0.25, 0.3) is 10.9 Å². The first kappa shape index (κ1) is 20.2. The molecule has 1 aliphatic heterocycles. The van der Waals surface area contributed by atoms with Gasteiger partial charge in [0.05, 0.1) is 31.0 Å². The topological polar surface area (TPSA) is 63.7 Å². The summed E-state index contributed by atoms with van der Waals surface area (Å²) in [5, 5.41) is 4.37. The number of hydrogen-bond donors (Lipinski definition) is 1. The van der Waals surface area contributed by atoms with Crippen LogP contribution in [0, 0.1) is 0 Å². The molecule has 1 saturated heterocycles. The molecule has 1 aliphatic rings. The molecule has 0 radical (unpaired) electrons. The fourth-order valence-electron chi connectivity index (χ4n) is 3.79. The molecule has 2 heterocycles. The molecule has 1 aromatic heterocycles. The molecule has 0 saturated carbocycles. The van der Waals surface area contributed by atoms with E-state index in [0.29, 0.717) is 12.2 Å². The lowest BCUT2D eigenvalue weighted by Gasteiger charge is -2.29. The van der Waals surface area contributed by atoms with Crippen molar-refractivity contribution in [2.75, 3.05) is 43.1 Å². The molecule has 4 rings (SSSR count). The van der Waals surface area contributed by atoms with Crippen LogP contribution in [0.3, 0.4) is 0 Å². The lowest BCUT2D eigenvalue weighted by molar-refractivity contribution is 0.0527. The highest BCUT2D eigenvalue weighted by Gasteiger charge is 2.18. The summed E-state index contributed by atoms with van der Waals surface area (Å²) in [4.78, 5) is 19.5. The average molecular weight is 405 g/mol. The van der Waals surface area contributed by atoms with E-state index in [1.807, 2.05) is 24.3 Å². The zero-order valence-corrected chi connectivity index (χ0v) is 17.5. The standard InChI is InChI=1S/C24H27N3O3/c1-3-17-6-5-7-20-22(17)25-16-21(24(28)30-4-2)23(20)26-18-8-10-19(11-9-18)27-12-14-29-15-13-27/h5-11,16H,3-4,12-15H2,1-2H3,(H,25,26). The van der Waals surface area contributed by atoms with Gasteiger partial charge in [-0.1, -0.05) is 25.1 Å².